The van der Waals surface area contributed by atoms with Crippen LogP contribution >= 0.6 is 0 Å². The first-order valence-corrected chi connectivity index (χ1v) is 8.84. The highest BCUT2D eigenvalue weighted by Crippen LogP contribution is 2.24. The first-order valence-electron chi connectivity index (χ1n) is 8.84. The average Bonchev–Trinajstić information content (AvgIpc) is 2.70. The van der Waals surface area contributed by atoms with Gasteiger partial charge in [-0.15, -0.1) is 0 Å². The Hall–Kier alpha value is -3.67. The molecule has 0 saturated heterocycles. The SMILES string of the molecule is CC(=O)Nc1ccc(/C(C)=N\NC(=O)COc2cccc3ccccc23)cc1. The molecule has 28 heavy (non-hydrogen) atoms. The van der Waals surface area contributed by atoms with Crippen LogP contribution in [0.15, 0.2) is 71.8 Å². The van der Waals surface area contributed by atoms with Crippen LogP contribution in [0, 0.1) is 0 Å². The molecule has 0 aliphatic rings. The molecule has 6 nitrogen and oxygen atoms in total. The molecule has 3 rings (SSSR count). The smallest absolute Gasteiger partial charge is 0.277 e. The van der Waals surface area contributed by atoms with Crippen LogP contribution in [0.1, 0.15) is 19.4 Å². The van der Waals surface area contributed by atoms with Crippen molar-refractivity contribution in [2.75, 3.05) is 11.9 Å². The molecule has 6 heteroatoms. The van der Waals surface area contributed by atoms with E-state index in [0.717, 1.165) is 16.3 Å². The first kappa shape index (κ1) is 19.1. The second-order valence-electron chi connectivity index (χ2n) is 6.26. The van der Waals surface area contributed by atoms with Crippen LogP contribution in [-0.2, 0) is 9.59 Å². The van der Waals surface area contributed by atoms with Gasteiger partial charge in [-0.3, -0.25) is 9.59 Å². The van der Waals surface area contributed by atoms with E-state index in [9.17, 15) is 9.59 Å². The van der Waals surface area contributed by atoms with Crippen LogP contribution in [0.5, 0.6) is 5.75 Å². The number of hydrogen-bond donors (Lipinski definition) is 2. The monoisotopic (exact) mass is 375 g/mol. The number of hydrazone groups is 1. The molecule has 0 aromatic heterocycles. The molecule has 0 bridgehead atoms. The molecule has 0 radical (unpaired) electrons. The van der Waals surface area contributed by atoms with Crippen molar-refractivity contribution in [1.29, 1.82) is 0 Å². The highest BCUT2D eigenvalue weighted by molar-refractivity contribution is 6.00. The second-order valence-corrected chi connectivity index (χ2v) is 6.26. The summed E-state index contributed by atoms with van der Waals surface area (Å²) in [6, 6.07) is 20.8. The number of benzene rings is 3. The summed E-state index contributed by atoms with van der Waals surface area (Å²) in [5.41, 5.74) is 4.69. The number of fused-ring (bicyclic) bond motifs is 1. The summed E-state index contributed by atoms with van der Waals surface area (Å²) < 4.78 is 5.65. The number of anilines is 1. The fourth-order valence-electron chi connectivity index (χ4n) is 2.71. The fourth-order valence-corrected chi connectivity index (χ4v) is 2.71. The van der Waals surface area contributed by atoms with Gasteiger partial charge in [0.1, 0.15) is 5.75 Å². The zero-order valence-electron chi connectivity index (χ0n) is 15.7. The van der Waals surface area contributed by atoms with Crippen molar-refractivity contribution in [2.24, 2.45) is 5.10 Å². The number of nitrogens with one attached hydrogen (secondary N) is 2. The van der Waals surface area contributed by atoms with Crippen LogP contribution in [0.3, 0.4) is 0 Å². The zero-order valence-corrected chi connectivity index (χ0v) is 15.7. The summed E-state index contributed by atoms with van der Waals surface area (Å²) >= 11 is 0. The van der Waals surface area contributed by atoms with Crippen molar-refractivity contribution in [3.05, 3.63) is 72.3 Å². The molecule has 2 N–H and O–H groups in total. The summed E-state index contributed by atoms with van der Waals surface area (Å²) in [6.07, 6.45) is 0. The summed E-state index contributed by atoms with van der Waals surface area (Å²) in [6.45, 7) is 3.11. The maximum atomic E-state index is 12.1. The van der Waals surface area contributed by atoms with Gasteiger partial charge >= 0.3 is 0 Å². The number of carbonyl (C=O) groups excluding carboxylic acids is 2. The molecule has 0 atom stereocenters. The second kappa shape index (κ2) is 8.81. The number of ether oxygens (including phenoxy) is 1. The van der Waals surface area contributed by atoms with E-state index in [1.54, 1.807) is 19.1 Å². The highest BCUT2D eigenvalue weighted by atomic mass is 16.5. The lowest BCUT2D eigenvalue weighted by molar-refractivity contribution is -0.123. The van der Waals surface area contributed by atoms with Crippen LogP contribution in [-0.4, -0.2) is 24.1 Å². The lowest BCUT2D eigenvalue weighted by Crippen LogP contribution is -2.25. The molecule has 3 aromatic carbocycles. The van der Waals surface area contributed by atoms with Crippen molar-refractivity contribution in [3.63, 3.8) is 0 Å². The molecule has 0 unspecified atom stereocenters. The Morgan fingerprint density at radius 2 is 1.64 bits per heavy atom. The molecule has 2 amide bonds. The third-order valence-electron chi connectivity index (χ3n) is 4.08. The maximum Gasteiger partial charge on any atom is 0.277 e. The van der Waals surface area contributed by atoms with E-state index in [0.29, 0.717) is 17.1 Å². The Kier molecular flexibility index (Phi) is 6.01. The van der Waals surface area contributed by atoms with Crippen molar-refractivity contribution in [3.8, 4) is 5.75 Å². The Morgan fingerprint density at radius 3 is 2.39 bits per heavy atom. The molecule has 0 heterocycles. The molecule has 0 fully saturated rings. The Balaban J connectivity index is 1.57. The van der Waals surface area contributed by atoms with E-state index < -0.39 is 0 Å². The topological polar surface area (TPSA) is 79.8 Å². The lowest BCUT2D eigenvalue weighted by Gasteiger charge is -2.09. The lowest BCUT2D eigenvalue weighted by atomic mass is 10.1. The van der Waals surface area contributed by atoms with Crippen molar-refractivity contribution < 1.29 is 14.3 Å². The molecule has 0 spiro atoms. The molecular weight excluding hydrogens is 354 g/mol. The van der Waals surface area contributed by atoms with E-state index in [1.165, 1.54) is 6.92 Å². The molecular formula is C22H21N3O3. The van der Waals surface area contributed by atoms with E-state index in [4.69, 9.17) is 4.74 Å². The third kappa shape index (κ3) is 4.94. The number of rotatable bonds is 6. The van der Waals surface area contributed by atoms with E-state index in [-0.39, 0.29) is 18.4 Å². The minimum atomic E-state index is -0.345. The Morgan fingerprint density at radius 1 is 0.929 bits per heavy atom. The minimum Gasteiger partial charge on any atom is -0.483 e. The van der Waals surface area contributed by atoms with Gasteiger partial charge in [0.25, 0.3) is 5.91 Å². The van der Waals surface area contributed by atoms with Gasteiger partial charge in [0.15, 0.2) is 6.61 Å². The predicted molar refractivity (Wildman–Crippen MR) is 111 cm³/mol. The summed E-state index contributed by atoms with van der Waals surface area (Å²) in [5, 5.41) is 8.82. The van der Waals surface area contributed by atoms with Crippen LogP contribution in [0.4, 0.5) is 5.69 Å². The quantitative estimate of drug-likeness (QED) is 0.509. The molecule has 0 saturated carbocycles. The summed E-state index contributed by atoms with van der Waals surface area (Å²) in [4.78, 5) is 23.1. The van der Waals surface area contributed by atoms with E-state index >= 15 is 0 Å². The fraction of sp³-hybridized carbons (Fsp3) is 0.136. The van der Waals surface area contributed by atoms with Gasteiger partial charge in [-0.1, -0.05) is 48.5 Å². The first-order chi connectivity index (χ1) is 13.5. The van der Waals surface area contributed by atoms with E-state index in [1.807, 2.05) is 54.6 Å². The average molecular weight is 375 g/mol. The van der Waals surface area contributed by atoms with Gasteiger partial charge < -0.3 is 10.1 Å². The van der Waals surface area contributed by atoms with Gasteiger partial charge in [0.2, 0.25) is 5.91 Å². The van der Waals surface area contributed by atoms with Gasteiger partial charge in [-0.05, 0) is 36.1 Å². The van der Waals surface area contributed by atoms with Crippen molar-refractivity contribution in [1.82, 2.24) is 5.43 Å². The van der Waals surface area contributed by atoms with Crippen LogP contribution in [0.2, 0.25) is 0 Å². The summed E-state index contributed by atoms with van der Waals surface area (Å²) in [7, 11) is 0. The maximum absolute atomic E-state index is 12.1. The number of carbonyl (C=O) groups is 2. The zero-order chi connectivity index (χ0) is 19.9. The van der Waals surface area contributed by atoms with Gasteiger partial charge in [-0.2, -0.15) is 5.10 Å². The van der Waals surface area contributed by atoms with Crippen molar-refractivity contribution >= 4 is 34.0 Å². The van der Waals surface area contributed by atoms with Crippen LogP contribution < -0.4 is 15.5 Å². The normalized spacial score (nSPS) is 11.1. The van der Waals surface area contributed by atoms with E-state index in [2.05, 4.69) is 15.8 Å². The Bertz CT molecular complexity index is 1020. The van der Waals surface area contributed by atoms with Gasteiger partial charge in [0, 0.05) is 18.0 Å². The van der Waals surface area contributed by atoms with Gasteiger partial charge in [0.05, 0.1) is 5.71 Å². The molecule has 0 aliphatic carbocycles. The minimum absolute atomic E-state index is 0.128. The molecule has 0 aliphatic heterocycles. The van der Waals surface area contributed by atoms with Crippen LogP contribution in [0.25, 0.3) is 10.8 Å². The van der Waals surface area contributed by atoms with Crippen molar-refractivity contribution in [2.45, 2.75) is 13.8 Å². The Labute approximate surface area is 163 Å². The molecule has 142 valence electrons. The highest BCUT2D eigenvalue weighted by Gasteiger charge is 2.06. The molecule has 3 aromatic rings. The summed E-state index contributed by atoms with van der Waals surface area (Å²) in [5.74, 6) is 0.182. The largest absolute Gasteiger partial charge is 0.483 e. The number of nitrogens with zero attached hydrogens (tertiary/aromatic N) is 1. The van der Waals surface area contributed by atoms with Gasteiger partial charge in [-0.25, -0.2) is 5.43 Å². The predicted octanol–water partition coefficient (Wildman–Crippen LogP) is 3.72. The third-order valence-corrected chi connectivity index (χ3v) is 4.08. The number of amides is 2. The standard InChI is InChI=1S/C22H21N3O3/c1-15(17-10-12-19(13-11-17)23-16(2)26)24-25-22(27)14-28-21-9-5-7-18-6-3-4-8-20(18)21/h3-13H,14H2,1-2H3,(H,23,26)(H,25,27)/b24-15-. The number of hydrogen-bond acceptors (Lipinski definition) is 4.